The number of hydrogen-bond acceptors (Lipinski definition) is 3. The molecule has 0 spiro atoms. The molecule has 0 saturated heterocycles. The molecule has 0 aliphatic carbocycles. The number of ether oxygens (including phenoxy) is 1. The molecule has 1 heterocycles. The molecule has 3 nitrogen and oxygen atoms in total. The molecular formula is C12H11FN2O. The Morgan fingerprint density at radius 3 is 2.75 bits per heavy atom. The van der Waals surface area contributed by atoms with E-state index in [4.69, 9.17) is 10.5 Å². The van der Waals surface area contributed by atoms with Crippen LogP contribution in [0.1, 0.15) is 5.69 Å². The average Bonchev–Trinajstić information content (AvgIpc) is 2.24. The molecule has 0 amide bonds. The van der Waals surface area contributed by atoms with Gasteiger partial charge < -0.3 is 10.5 Å². The van der Waals surface area contributed by atoms with Gasteiger partial charge in [0.05, 0.1) is 5.69 Å². The lowest BCUT2D eigenvalue weighted by Gasteiger charge is -2.05. The van der Waals surface area contributed by atoms with Crippen LogP contribution in [0.4, 0.5) is 10.1 Å². The van der Waals surface area contributed by atoms with Crippen LogP contribution in [-0.2, 0) is 0 Å². The Labute approximate surface area is 92.7 Å². The van der Waals surface area contributed by atoms with Gasteiger partial charge in [-0.25, -0.2) is 9.37 Å². The predicted octanol–water partition coefficient (Wildman–Crippen LogP) is 2.90. The van der Waals surface area contributed by atoms with Crippen molar-refractivity contribution in [3.05, 3.63) is 47.9 Å². The molecule has 4 heteroatoms. The van der Waals surface area contributed by atoms with Crippen LogP contribution in [0.15, 0.2) is 36.4 Å². The number of anilines is 1. The van der Waals surface area contributed by atoms with E-state index in [0.717, 1.165) is 5.69 Å². The fourth-order valence-electron chi connectivity index (χ4n) is 1.27. The smallest absolute Gasteiger partial charge is 0.219 e. The Balaban J connectivity index is 2.24. The van der Waals surface area contributed by atoms with Gasteiger partial charge in [-0.2, -0.15) is 0 Å². The van der Waals surface area contributed by atoms with Crippen LogP contribution in [0.2, 0.25) is 0 Å². The predicted molar refractivity (Wildman–Crippen MR) is 59.9 cm³/mol. The van der Waals surface area contributed by atoms with E-state index < -0.39 is 5.82 Å². The maximum absolute atomic E-state index is 13.1. The van der Waals surface area contributed by atoms with Crippen molar-refractivity contribution in [2.75, 3.05) is 5.73 Å². The van der Waals surface area contributed by atoms with E-state index in [1.54, 1.807) is 12.1 Å². The number of nitrogen functional groups attached to an aromatic ring is 1. The van der Waals surface area contributed by atoms with Gasteiger partial charge in [-0.15, -0.1) is 0 Å². The van der Waals surface area contributed by atoms with Crippen molar-refractivity contribution in [2.24, 2.45) is 0 Å². The second-order valence-electron chi connectivity index (χ2n) is 3.40. The first-order valence-electron chi connectivity index (χ1n) is 4.82. The van der Waals surface area contributed by atoms with E-state index in [9.17, 15) is 4.39 Å². The minimum absolute atomic E-state index is 0.101. The number of rotatable bonds is 2. The number of aromatic nitrogens is 1. The summed E-state index contributed by atoms with van der Waals surface area (Å²) in [4.78, 5) is 4.14. The molecule has 1 aromatic carbocycles. The highest BCUT2D eigenvalue weighted by atomic mass is 19.1. The first-order valence-corrected chi connectivity index (χ1v) is 4.82. The van der Waals surface area contributed by atoms with Crippen LogP contribution in [0.25, 0.3) is 0 Å². The Hall–Kier alpha value is -2.10. The van der Waals surface area contributed by atoms with Crippen molar-refractivity contribution in [3.8, 4) is 11.6 Å². The molecule has 0 bridgehead atoms. The molecule has 2 rings (SSSR count). The standard InChI is InChI=1S/C12H11FN2O/c1-8-3-2-4-12(15-8)16-9-5-6-11(14)10(13)7-9/h2-7H,14H2,1H3. The summed E-state index contributed by atoms with van der Waals surface area (Å²) in [7, 11) is 0. The Morgan fingerprint density at radius 1 is 1.25 bits per heavy atom. The molecule has 0 aliphatic heterocycles. The second-order valence-corrected chi connectivity index (χ2v) is 3.40. The van der Waals surface area contributed by atoms with Crippen LogP contribution in [0, 0.1) is 12.7 Å². The zero-order valence-electron chi connectivity index (χ0n) is 8.77. The van der Waals surface area contributed by atoms with E-state index >= 15 is 0 Å². The third-order valence-corrected chi connectivity index (χ3v) is 2.06. The molecule has 2 N–H and O–H groups in total. The monoisotopic (exact) mass is 218 g/mol. The van der Waals surface area contributed by atoms with Crippen LogP contribution < -0.4 is 10.5 Å². The summed E-state index contributed by atoms with van der Waals surface area (Å²) < 4.78 is 18.5. The summed E-state index contributed by atoms with van der Waals surface area (Å²) in [6.07, 6.45) is 0. The topological polar surface area (TPSA) is 48.1 Å². The van der Waals surface area contributed by atoms with Crippen LogP contribution in [0.3, 0.4) is 0 Å². The SMILES string of the molecule is Cc1cccc(Oc2ccc(N)c(F)c2)n1. The molecule has 0 unspecified atom stereocenters. The first kappa shape index (κ1) is 10.4. The third kappa shape index (κ3) is 2.28. The number of nitrogens with two attached hydrogens (primary N) is 1. The van der Waals surface area contributed by atoms with Gasteiger partial charge in [-0.3, -0.25) is 0 Å². The lowest BCUT2D eigenvalue weighted by Crippen LogP contribution is -1.93. The minimum Gasteiger partial charge on any atom is -0.439 e. The summed E-state index contributed by atoms with van der Waals surface area (Å²) in [5.74, 6) is 0.319. The largest absolute Gasteiger partial charge is 0.439 e. The molecular weight excluding hydrogens is 207 g/mol. The summed E-state index contributed by atoms with van der Waals surface area (Å²) in [5, 5.41) is 0. The second kappa shape index (κ2) is 4.18. The number of halogens is 1. The lowest BCUT2D eigenvalue weighted by molar-refractivity contribution is 0.457. The average molecular weight is 218 g/mol. The fraction of sp³-hybridized carbons (Fsp3) is 0.0833. The molecule has 1 aromatic heterocycles. The molecule has 0 atom stereocenters. The van der Waals surface area contributed by atoms with E-state index in [0.29, 0.717) is 11.6 Å². The van der Waals surface area contributed by atoms with Crippen molar-refractivity contribution >= 4 is 5.69 Å². The van der Waals surface area contributed by atoms with Gasteiger partial charge in [0.15, 0.2) is 0 Å². The Bertz CT molecular complexity index is 514. The molecule has 82 valence electrons. The van der Waals surface area contributed by atoms with Gasteiger partial charge in [0.2, 0.25) is 5.88 Å². The van der Waals surface area contributed by atoms with Crippen LogP contribution in [0.5, 0.6) is 11.6 Å². The van der Waals surface area contributed by atoms with Gasteiger partial charge in [-0.1, -0.05) is 6.07 Å². The van der Waals surface area contributed by atoms with Gasteiger partial charge in [0.1, 0.15) is 11.6 Å². The summed E-state index contributed by atoms with van der Waals surface area (Å²) in [6.45, 7) is 1.86. The summed E-state index contributed by atoms with van der Waals surface area (Å²) in [6, 6.07) is 9.69. The highest BCUT2D eigenvalue weighted by Gasteiger charge is 2.02. The molecule has 2 aromatic rings. The molecule has 0 fully saturated rings. The number of aryl methyl sites for hydroxylation is 1. The summed E-state index contributed by atoms with van der Waals surface area (Å²) >= 11 is 0. The normalized spacial score (nSPS) is 10.1. The lowest BCUT2D eigenvalue weighted by atomic mass is 10.3. The Kier molecular flexibility index (Phi) is 2.72. The van der Waals surface area contributed by atoms with E-state index in [2.05, 4.69) is 4.98 Å². The Morgan fingerprint density at radius 2 is 2.06 bits per heavy atom. The van der Waals surface area contributed by atoms with Gasteiger partial charge >= 0.3 is 0 Å². The maximum Gasteiger partial charge on any atom is 0.219 e. The van der Waals surface area contributed by atoms with Crippen LogP contribution >= 0.6 is 0 Å². The fourth-order valence-corrected chi connectivity index (χ4v) is 1.27. The van der Waals surface area contributed by atoms with Gasteiger partial charge in [0, 0.05) is 17.8 Å². The number of nitrogens with zero attached hydrogens (tertiary/aromatic N) is 1. The van der Waals surface area contributed by atoms with Crippen molar-refractivity contribution in [1.29, 1.82) is 0 Å². The quantitative estimate of drug-likeness (QED) is 0.788. The zero-order chi connectivity index (χ0) is 11.5. The minimum atomic E-state index is -0.495. The van der Waals surface area contributed by atoms with Crippen molar-refractivity contribution in [3.63, 3.8) is 0 Å². The summed E-state index contributed by atoms with van der Waals surface area (Å²) in [5.41, 5.74) is 6.30. The first-order chi connectivity index (χ1) is 7.65. The highest BCUT2D eigenvalue weighted by molar-refractivity contribution is 5.44. The third-order valence-electron chi connectivity index (χ3n) is 2.06. The van der Waals surface area contributed by atoms with Gasteiger partial charge in [-0.05, 0) is 25.1 Å². The molecule has 0 saturated carbocycles. The van der Waals surface area contributed by atoms with Crippen molar-refractivity contribution in [2.45, 2.75) is 6.92 Å². The molecule has 0 radical (unpaired) electrons. The van der Waals surface area contributed by atoms with Crippen molar-refractivity contribution < 1.29 is 9.13 Å². The molecule has 0 aliphatic rings. The van der Waals surface area contributed by atoms with Crippen LogP contribution in [-0.4, -0.2) is 4.98 Å². The van der Waals surface area contributed by atoms with Gasteiger partial charge in [0.25, 0.3) is 0 Å². The number of hydrogen-bond donors (Lipinski definition) is 1. The van der Waals surface area contributed by atoms with E-state index in [1.165, 1.54) is 12.1 Å². The molecule has 16 heavy (non-hydrogen) atoms. The van der Waals surface area contributed by atoms with E-state index in [1.807, 2.05) is 19.1 Å². The van der Waals surface area contributed by atoms with Crippen molar-refractivity contribution in [1.82, 2.24) is 4.98 Å². The highest BCUT2D eigenvalue weighted by Crippen LogP contribution is 2.22. The van der Waals surface area contributed by atoms with E-state index in [-0.39, 0.29) is 5.69 Å². The number of pyridine rings is 1. The zero-order valence-corrected chi connectivity index (χ0v) is 8.77. The number of benzene rings is 1. The maximum atomic E-state index is 13.1.